The summed E-state index contributed by atoms with van der Waals surface area (Å²) in [5.41, 5.74) is 0.821. The number of anilines is 1. The lowest BCUT2D eigenvalue weighted by molar-refractivity contribution is 0.255. The topological polar surface area (TPSA) is 47.3 Å². The second-order valence-electron chi connectivity index (χ2n) is 4.66. The molecule has 1 aromatic carbocycles. The second-order valence-corrected chi connectivity index (χ2v) is 4.66. The maximum Gasteiger partial charge on any atom is 0.143 e. The van der Waals surface area contributed by atoms with Gasteiger partial charge in [0.2, 0.25) is 0 Å². The highest BCUT2D eigenvalue weighted by molar-refractivity contribution is 5.51. The summed E-state index contributed by atoms with van der Waals surface area (Å²) in [7, 11) is 0. The molecule has 0 aromatic heterocycles. The number of halogens is 1. The van der Waals surface area contributed by atoms with Crippen molar-refractivity contribution < 1.29 is 9.50 Å². The Labute approximate surface area is 106 Å². The molecule has 1 N–H and O–H groups in total. The van der Waals surface area contributed by atoms with E-state index in [1.807, 2.05) is 6.07 Å². The molecule has 3 nitrogen and oxygen atoms in total. The minimum Gasteiger partial charge on any atom is -0.394 e. The average Bonchev–Trinajstić information content (AvgIpc) is 2.63. The van der Waals surface area contributed by atoms with Crippen molar-refractivity contribution in [3.05, 3.63) is 29.6 Å². The number of hydrogen-bond acceptors (Lipinski definition) is 3. The Balaban J connectivity index is 2.28. The molecule has 0 radical (unpaired) electrons. The van der Waals surface area contributed by atoms with Crippen molar-refractivity contribution >= 4 is 5.69 Å². The summed E-state index contributed by atoms with van der Waals surface area (Å²) < 4.78 is 13.6. The van der Waals surface area contributed by atoms with Crippen molar-refractivity contribution in [2.75, 3.05) is 18.1 Å². The second kappa shape index (κ2) is 5.83. The molecule has 1 heterocycles. The van der Waals surface area contributed by atoms with E-state index in [9.17, 15) is 9.50 Å². The Hall–Kier alpha value is -1.60. The van der Waals surface area contributed by atoms with Gasteiger partial charge in [-0.2, -0.15) is 5.26 Å². The van der Waals surface area contributed by atoms with Gasteiger partial charge in [-0.1, -0.05) is 12.8 Å². The van der Waals surface area contributed by atoms with Gasteiger partial charge in [0.25, 0.3) is 0 Å². The van der Waals surface area contributed by atoms with Crippen molar-refractivity contribution in [2.24, 2.45) is 0 Å². The van der Waals surface area contributed by atoms with Gasteiger partial charge in [-0.25, -0.2) is 4.39 Å². The average molecular weight is 248 g/mol. The Morgan fingerprint density at radius 3 is 2.89 bits per heavy atom. The molecule has 0 aliphatic carbocycles. The van der Waals surface area contributed by atoms with Crippen LogP contribution >= 0.6 is 0 Å². The Kier molecular flexibility index (Phi) is 4.16. The molecule has 1 aliphatic heterocycles. The Morgan fingerprint density at radius 1 is 1.39 bits per heavy atom. The molecule has 1 aliphatic rings. The first-order valence-corrected chi connectivity index (χ1v) is 6.33. The van der Waals surface area contributed by atoms with Crippen molar-refractivity contribution in [3.63, 3.8) is 0 Å². The third-order valence-corrected chi connectivity index (χ3v) is 3.49. The number of rotatable bonds is 2. The molecule has 4 heteroatoms. The van der Waals surface area contributed by atoms with E-state index in [-0.39, 0.29) is 18.2 Å². The zero-order valence-electron chi connectivity index (χ0n) is 10.3. The highest BCUT2D eigenvalue weighted by atomic mass is 19.1. The van der Waals surface area contributed by atoms with Gasteiger partial charge in [0.15, 0.2) is 0 Å². The minimum absolute atomic E-state index is 0.0554. The normalized spacial score (nSPS) is 20.3. The van der Waals surface area contributed by atoms with Crippen LogP contribution in [0.3, 0.4) is 0 Å². The number of nitriles is 1. The molecule has 0 saturated carbocycles. The fourth-order valence-electron chi connectivity index (χ4n) is 2.48. The molecule has 1 unspecified atom stereocenters. The van der Waals surface area contributed by atoms with Crippen molar-refractivity contribution in [2.45, 2.75) is 31.7 Å². The largest absolute Gasteiger partial charge is 0.394 e. The van der Waals surface area contributed by atoms with Crippen molar-refractivity contribution in [1.82, 2.24) is 0 Å². The lowest BCUT2D eigenvalue weighted by Crippen LogP contribution is -2.37. The van der Waals surface area contributed by atoms with Crippen molar-refractivity contribution in [3.8, 4) is 6.07 Å². The zero-order valence-corrected chi connectivity index (χ0v) is 10.3. The predicted molar refractivity (Wildman–Crippen MR) is 67.8 cm³/mol. The summed E-state index contributed by atoms with van der Waals surface area (Å²) in [4.78, 5) is 2.05. The molecule has 1 atom stereocenters. The van der Waals surface area contributed by atoms with Gasteiger partial charge in [0.1, 0.15) is 11.9 Å². The van der Waals surface area contributed by atoms with Gasteiger partial charge in [0.05, 0.1) is 18.2 Å². The Morgan fingerprint density at radius 2 is 2.22 bits per heavy atom. The lowest BCUT2D eigenvalue weighted by atomic mass is 10.1. The van der Waals surface area contributed by atoms with Crippen LogP contribution < -0.4 is 4.90 Å². The summed E-state index contributed by atoms with van der Waals surface area (Å²) in [6.45, 7) is 0.915. The van der Waals surface area contributed by atoms with Crippen LogP contribution in [-0.4, -0.2) is 24.3 Å². The first-order valence-electron chi connectivity index (χ1n) is 6.33. The minimum atomic E-state index is -0.490. The lowest BCUT2D eigenvalue weighted by Gasteiger charge is -2.30. The molecule has 0 spiro atoms. The molecule has 18 heavy (non-hydrogen) atoms. The van der Waals surface area contributed by atoms with E-state index >= 15 is 0 Å². The van der Waals surface area contributed by atoms with E-state index in [2.05, 4.69) is 4.90 Å². The van der Waals surface area contributed by atoms with Crippen LogP contribution in [0.4, 0.5) is 10.1 Å². The first-order chi connectivity index (χ1) is 8.76. The molecule has 1 fully saturated rings. The molecular formula is C14H17FN2O. The van der Waals surface area contributed by atoms with Crippen LogP contribution in [-0.2, 0) is 0 Å². The fourth-order valence-corrected chi connectivity index (χ4v) is 2.48. The summed E-state index contributed by atoms with van der Waals surface area (Å²) in [6, 6.07) is 6.53. The van der Waals surface area contributed by atoms with Gasteiger partial charge in [0, 0.05) is 12.2 Å². The van der Waals surface area contributed by atoms with Crippen LogP contribution in [0.1, 0.15) is 31.2 Å². The fraction of sp³-hybridized carbons (Fsp3) is 0.500. The van der Waals surface area contributed by atoms with E-state index < -0.39 is 5.82 Å². The van der Waals surface area contributed by atoms with Gasteiger partial charge < -0.3 is 10.0 Å². The van der Waals surface area contributed by atoms with Crippen LogP contribution in [0.15, 0.2) is 18.2 Å². The molecule has 0 bridgehead atoms. The molecule has 1 aromatic rings. The number of benzene rings is 1. The molecule has 96 valence electrons. The maximum absolute atomic E-state index is 13.6. The highest BCUT2D eigenvalue weighted by Crippen LogP contribution is 2.25. The summed E-state index contributed by atoms with van der Waals surface area (Å²) >= 11 is 0. The van der Waals surface area contributed by atoms with Crippen LogP contribution in [0.5, 0.6) is 0 Å². The van der Waals surface area contributed by atoms with Crippen LogP contribution in [0.2, 0.25) is 0 Å². The molecule has 2 rings (SSSR count). The highest BCUT2D eigenvalue weighted by Gasteiger charge is 2.21. The van der Waals surface area contributed by atoms with Gasteiger partial charge in [-0.05, 0) is 31.0 Å². The third-order valence-electron chi connectivity index (χ3n) is 3.49. The van der Waals surface area contributed by atoms with E-state index in [0.29, 0.717) is 0 Å². The number of aliphatic hydroxyl groups is 1. The quantitative estimate of drug-likeness (QED) is 0.874. The predicted octanol–water partition coefficient (Wildman–Crippen LogP) is 2.44. The van der Waals surface area contributed by atoms with Gasteiger partial charge >= 0.3 is 0 Å². The standard InChI is InChI=1S/C14H17FN2O/c15-14-8-12(6-5-11(14)9-16)17-7-3-1-2-4-13(17)10-18/h5-6,8,13,18H,1-4,7,10H2. The summed E-state index contributed by atoms with van der Waals surface area (Å²) in [5.74, 6) is -0.490. The van der Waals surface area contributed by atoms with Gasteiger partial charge in [-0.15, -0.1) is 0 Å². The Bertz CT molecular complexity index is 456. The van der Waals surface area contributed by atoms with E-state index in [0.717, 1.165) is 37.9 Å². The molecular weight excluding hydrogens is 231 g/mol. The maximum atomic E-state index is 13.6. The smallest absolute Gasteiger partial charge is 0.143 e. The monoisotopic (exact) mass is 248 g/mol. The molecule has 1 saturated heterocycles. The summed E-state index contributed by atoms with van der Waals surface area (Å²) in [5, 5.41) is 18.1. The van der Waals surface area contributed by atoms with Crippen molar-refractivity contribution in [1.29, 1.82) is 5.26 Å². The summed E-state index contributed by atoms with van der Waals surface area (Å²) in [6.07, 6.45) is 4.22. The number of nitrogens with zero attached hydrogens (tertiary/aromatic N) is 2. The third kappa shape index (κ3) is 2.62. The van der Waals surface area contributed by atoms with E-state index in [1.165, 1.54) is 12.1 Å². The van der Waals surface area contributed by atoms with Gasteiger partial charge in [-0.3, -0.25) is 0 Å². The number of hydrogen-bond donors (Lipinski definition) is 1. The van der Waals surface area contributed by atoms with E-state index in [1.54, 1.807) is 6.07 Å². The van der Waals surface area contributed by atoms with Crippen LogP contribution in [0, 0.1) is 17.1 Å². The number of aliphatic hydroxyl groups excluding tert-OH is 1. The van der Waals surface area contributed by atoms with E-state index in [4.69, 9.17) is 5.26 Å². The zero-order chi connectivity index (χ0) is 13.0. The SMILES string of the molecule is N#Cc1ccc(N2CCCCCC2CO)cc1F. The first kappa shape index (κ1) is 12.8. The van der Waals surface area contributed by atoms with Crippen LogP contribution in [0.25, 0.3) is 0 Å². The molecule has 0 amide bonds.